The van der Waals surface area contributed by atoms with Gasteiger partial charge in [0.05, 0.1) is 25.4 Å². The fourth-order valence-corrected chi connectivity index (χ4v) is 0.916. The van der Waals surface area contributed by atoms with Gasteiger partial charge in [-0.05, 0) is 0 Å². The first-order chi connectivity index (χ1) is 7.17. The highest BCUT2D eigenvalue weighted by molar-refractivity contribution is 5.01. The number of ether oxygens (including phenoxy) is 1. The fourth-order valence-electron chi connectivity index (χ4n) is 0.916. The second-order valence-electron chi connectivity index (χ2n) is 2.90. The van der Waals surface area contributed by atoms with E-state index in [1.54, 1.807) is 0 Å². The second-order valence-corrected chi connectivity index (χ2v) is 2.90. The minimum atomic E-state index is -0.726. The normalized spacial score (nSPS) is 10.9. The summed E-state index contributed by atoms with van der Waals surface area (Å²) in [6, 6.07) is 0. The van der Waals surface area contributed by atoms with Gasteiger partial charge in [-0.2, -0.15) is 0 Å². The van der Waals surface area contributed by atoms with Crippen molar-refractivity contribution in [1.29, 1.82) is 0 Å². The topological polar surface area (TPSA) is 115 Å². The lowest BCUT2D eigenvalue weighted by atomic mass is 10.3. The molecule has 7 nitrogen and oxygen atoms in total. The van der Waals surface area contributed by atoms with Crippen molar-refractivity contribution < 1.29 is 14.9 Å². The molecule has 84 valence electrons. The zero-order valence-electron chi connectivity index (χ0n) is 7.90. The van der Waals surface area contributed by atoms with Crippen LogP contribution in [0.25, 0.3) is 0 Å². The maximum atomic E-state index is 11.1. The van der Waals surface area contributed by atoms with Gasteiger partial charge in [0.25, 0.3) is 5.56 Å². The minimum absolute atomic E-state index is 0.0854. The van der Waals surface area contributed by atoms with Gasteiger partial charge < -0.3 is 19.9 Å². The van der Waals surface area contributed by atoms with Crippen molar-refractivity contribution >= 4 is 0 Å². The zero-order valence-corrected chi connectivity index (χ0v) is 7.90. The number of aliphatic hydroxyl groups excluding tert-OH is 2. The highest BCUT2D eigenvalue weighted by atomic mass is 16.5. The molecule has 0 aliphatic rings. The monoisotopic (exact) mass is 216 g/mol. The number of aromatic amines is 2. The van der Waals surface area contributed by atoms with Crippen LogP contribution >= 0.6 is 0 Å². The zero-order chi connectivity index (χ0) is 11.3. The van der Waals surface area contributed by atoms with E-state index in [1.807, 2.05) is 4.98 Å². The molecule has 0 aromatic carbocycles. The van der Waals surface area contributed by atoms with E-state index < -0.39 is 17.4 Å². The number of hydrogen-bond donors (Lipinski definition) is 4. The summed E-state index contributed by atoms with van der Waals surface area (Å²) in [7, 11) is 0. The molecule has 1 rings (SSSR count). The van der Waals surface area contributed by atoms with Crippen LogP contribution in [0.1, 0.15) is 5.56 Å². The molecule has 0 bridgehead atoms. The molecule has 0 saturated carbocycles. The van der Waals surface area contributed by atoms with Crippen molar-refractivity contribution in [3.05, 3.63) is 32.6 Å². The summed E-state index contributed by atoms with van der Waals surface area (Å²) in [4.78, 5) is 26.1. The lowest BCUT2D eigenvalue weighted by Gasteiger charge is -2.11. The SMILES string of the molecule is O=c1[nH]cc(COC(CO)CO)c(=O)[nH]1. The van der Waals surface area contributed by atoms with E-state index in [2.05, 4.69) is 4.98 Å². The Hall–Kier alpha value is -1.44. The quantitative estimate of drug-likeness (QED) is 0.451. The molecule has 1 aromatic rings. The Balaban J connectivity index is 2.65. The molecule has 0 aliphatic heterocycles. The first-order valence-electron chi connectivity index (χ1n) is 4.31. The summed E-state index contributed by atoms with van der Waals surface area (Å²) in [5.74, 6) is 0. The molecule has 15 heavy (non-hydrogen) atoms. The van der Waals surface area contributed by atoms with Crippen molar-refractivity contribution in [2.75, 3.05) is 13.2 Å². The van der Waals surface area contributed by atoms with Gasteiger partial charge in [-0.1, -0.05) is 0 Å². The molecule has 1 aromatic heterocycles. The van der Waals surface area contributed by atoms with Crippen LogP contribution in [-0.2, 0) is 11.3 Å². The van der Waals surface area contributed by atoms with Gasteiger partial charge in [0.1, 0.15) is 6.10 Å². The first kappa shape index (κ1) is 11.6. The summed E-state index contributed by atoms with van der Waals surface area (Å²) in [5.41, 5.74) is -0.917. The molecule has 0 fully saturated rings. The lowest BCUT2D eigenvalue weighted by molar-refractivity contribution is -0.0289. The third-order valence-corrected chi connectivity index (χ3v) is 1.78. The Morgan fingerprint density at radius 3 is 2.53 bits per heavy atom. The van der Waals surface area contributed by atoms with E-state index >= 15 is 0 Å². The fraction of sp³-hybridized carbons (Fsp3) is 0.500. The lowest BCUT2D eigenvalue weighted by Crippen LogP contribution is -2.27. The Morgan fingerprint density at radius 1 is 1.33 bits per heavy atom. The van der Waals surface area contributed by atoms with Crippen LogP contribution in [0, 0.1) is 0 Å². The van der Waals surface area contributed by atoms with E-state index in [-0.39, 0.29) is 25.4 Å². The van der Waals surface area contributed by atoms with Crippen molar-refractivity contribution in [2.24, 2.45) is 0 Å². The van der Waals surface area contributed by atoms with E-state index in [0.29, 0.717) is 0 Å². The predicted molar refractivity (Wildman–Crippen MR) is 50.4 cm³/mol. The molecule has 0 atom stereocenters. The third-order valence-electron chi connectivity index (χ3n) is 1.78. The number of nitrogens with one attached hydrogen (secondary N) is 2. The number of aliphatic hydroxyl groups is 2. The molecule has 1 heterocycles. The van der Waals surface area contributed by atoms with Crippen LogP contribution in [0.2, 0.25) is 0 Å². The number of hydrogen-bond acceptors (Lipinski definition) is 5. The van der Waals surface area contributed by atoms with Gasteiger partial charge in [-0.15, -0.1) is 0 Å². The Bertz CT molecular complexity index is 406. The number of H-pyrrole nitrogens is 2. The van der Waals surface area contributed by atoms with Crippen molar-refractivity contribution in [2.45, 2.75) is 12.7 Å². The Labute approximate surface area is 84.4 Å². The van der Waals surface area contributed by atoms with Gasteiger partial charge in [-0.25, -0.2) is 4.79 Å². The van der Waals surface area contributed by atoms with Crippen molar-refractivity contribution in [3.8, 4) is 0 Å². The predicted octanol–water partition coefficient (Wildman–Crippen LogP) is -2.07. The summed E-state index contributed by atoms with van der Waals surface area (Å²) in [6.45, 7) is -0.757. The molecule has 0 spiro atoms. The molecule has 0 saturated heterocycles. The average Bonchev–Trinajstić information content (AvgIpc) is 2.22. The van der Waals surface area contributed by atoms with E-state index in [4.69, 9.17) is 14.9 Å². The van der Waals surface area contributed by atoms with E-state index in [9.17, 15) is 9.59 Å². The molecule has 4 N–H and O–H groups in total. The van der Waals surface area contributed by atoms with Crippen molar-refractivity contribution in [3.63, 3.8) is 0 Å². The summed E-state index contributed by atoms with van der Waals surface area (Å²) < 4.78 is 5.01. The van der Waals surface area contributed by atoms with Gasteiger partial charge in [-0.3, -0.25) is 9.78 Å². The van der Waals surface area contributed by atoms with Crippen LogP contribution in [-0.4, -0.2) is 39.5 Å². The molecule has 0 unspecified atom stereocenters. The average molecular weight is 216 g/mol. The van der Waals surface area contributed by atoms with Crippen LogP contribution in [0.5, 0.6) is 0 Å². The largest absolute Gasteiger partial charge is 0.394 e. The summed E-state index contributed by atoms with van der Waals surface area (Å²) >= 11 is 0. The van der Waals surface area contributed by atoms with Gasteiger partial charge >= 0.3 is 5.69 Å². The second kappa shape index (κ2) is 5.44. The Kier molecular flexibility index (Phi) is 4.22. The number of aromatic nitrogens is 2. The molecule has 0 aliphatic carbocycles. The third kappa shape index (κ3) is 3.31. The molecule has 0 amide bonds. The molecule has 7 heteroatoms. The molecular formula is C8H12N2O5. The first-order valence-corrected chi connectivity index (χ1v) is 4.31. The summed E-state index contributed by atoms with van der Waals surface area (Å²) in [5, 5.41) is 17.4. The molecule has 0 radical (unpaired) electrons. The smallest absolute Gasteiger partial charge is 0.325 e. The highest BCUT2D eigenvalue weighted by Gasteiger charge is 2.07. The van der Waals surface area contributed by atoms with Gasteiger partial charge in [0.15, 0.2) is 0 Å². The van der Waals surface area contributed by atoms with Crippen LogP contribution in [0.3, 0.4) is 0 Å². The Morgan fingerprint density at radius 2 is 2.00 bits per heavy atom. The summed E-state index contributed by atoms with van der Waals surface area (Å²) in [6.07, 6.45) is 0.504. The van der Waals surface area contributed by atoms with Crippen LogP contribution in [0.15, 0.2) is 15.8 Å². The standard InChI is InChI=1S/C8H12N2O5/c11-2-6(3-12)15-4-5-1-9-8(14)10-7(5)13/h1,6,11-12H,2-4H2,(H2,9,10,13,14). The van der Waals surface area contributed by atoms with Gasteiger partial charge in [0.2, 0.25) is 0 Å². The maximum Gasteiger partial charge on any atom is 0.325 e. The maximum absolute atomic E-state index is 11.1. The van der Waals surface area contributed by atoms with Crippen LogP contribution in [0.4, 0.5) is 0 Å². The number of rotatable bonds is 5. The minimum Gasteiger partial charge on any atom is -0.394 e. The van der Waals surface area contributed by atoms with E-state index in [0.717, 1.165) is 0 Å². The highest BCUT2D eigenvalue weighted by Crippen LogP contribution is 1.95. The van der Waals surface area contributed by atoms with Crippen molar-refractivity contribution in [1.82, 2.24) is 9.97 Å². The van der Waals surface area contributed by atoms with Gasteiger partial charge in [0, 0.05) is 6.20 Å². The molecular weight excluding hydrogens is 204 g/mol. The van der Waals surface area contributed by atoms with E-state index in [1.165, 1.54) is 6.20 Å². The van der Waals surface area contributed by atoms with Crippen LogP contribution < -0.4 is 11.2 Å².